The van der Waals surface area contributed by atoms with Crippen molar-refractivity contribution in [2.45, 2.75) is 19.9 Å². The fourth-order valence-corrected chi connectivity index (χ4v) is 1.55. The minimum Gasteiger partial charge on any atom is -0.478 e. The molecule has 0 atom stereocenters. The molecular weight excluding hydrogens is 251 g/mol. The first-order valence-corrected chi connectivity index (χ1v) is 6.03. The summed E-state index contributed by atoms with van der Waals surface area (Å²) in [7, 11) is 0. The predicted molar refractivity (Wildman–Crippen MR) is 68.4 cm³/mol. The second-order valence-electron chi connectivity index (χ2n) is 3.99. The van der Waals surface area contributed by atoms with Gasteiger partial charge in [0.05, 0.1) is 5.56 Å². The Morgan fingerprint density at radius 3 is 2.74 bits per heavy atom. The number of hydrogen-bond donors (Lipinski definition) is 3. The molecule has 0 aliphatic carbocycles. The van der Waals surface area contributed by atoms with Crippen molar-refractivity contribution in [3.63, 3.8) is 0 Å². The molecule has 3 N–H and O–H groups in total. The quantitative estimate of drug-likeness (QED) is 0.648. The molecule has 0 aliphatic heterocycles. The van der Waals surface area contributed by atoms with Crippen LogP contribution in [-0.4, -0.2) is 30.1 Å². The molecule has 0 aliphatic rings. The van der Waals surface area contributed by atoms with Crippen LogP contribution in [0.5, 0.6) is 0 Å². The number of nitrogens with one attached hydrogen (secondary N) is 2. The highest BCUT2D eigenvalue weighted by Gasteiger charge is 2.08. The molecule has 1 rings (SSSR count). The van der Waals surface area contributed by atoms with Gasteiger partial charge in [0.2, 0.25) is 5.91 Å². The Balaban J connectivity index is 2.46. The number of carbonyl (C=O) groups excluding carboxylic acids is 1. The van der Waals surface area contributed by atoms with E-state index in [-0.39, 0.29) is 23.6 Å². The third-order valence-corrected chi connectivity index (χ3v) is 2.51. The van der Waals surface area contributed by atoms with Crippen molar-refractivity contribution in [3.05, 3.63) is 35.1 Å². The number of benzene rings is 1. The lowest BCUT2D eigenvalue weighted by atomic mass is 10.1. The molecule has 0 spiro atoms. The Kier molecular flexibility index (Phi) is 5.95. The van der Waals surface area contributed by atoms with Crippen molar-refractivity contribution in [1.82, 2.24) is 10.6 Å². The SMILES string of the molecule is CCNC(=O)CCNCc1cc(C(=O)O)ccc1F. The summed E-state index contributed by atoms with van der Waals surface area (Å²) < 4.78 is 13.4. The first kappa shape index (κ1) is 15.1. The maximum atomic E-state index is 13.4. The van der Waals surface area contributed by atoms with E-state index in [1.807, 2.05) is 6.92 Å². The van der Waals surface area contributed by atoms with Crippen LogP contribution >= 0.6 is 0 Å². The van der Waals surface area contributed by atoms with E-state index < -0.39 is 11.8 Å². The van der Waals surface area contributed by atoms with Crippen molar-refractivity contribution in [2.75, 3.05) is 13.1 Å². The molecule has 0 saturated heterocycles. The number of carboxylic acid groups (broad SMARTS) is 1. The van der Waals surface area contributed by atoms with Crippen LogP contribution in [0.3, 0.4) is 0 Å². The van der Waals surface area contributed by atoms with Crippen molar-refractivity contribution in [3.8, 4) is 0 Å². The third-order valence-electron chi connectivity index (χ3n) is 2.51. The van der Waals surface area contributed by atoms with E-state index in [1.165, 1.54) is 12.1 Å². The average molecular weight is 268 g/mol. The smallest absolute Gasteiger partial charge is 0.335 e. The van der Waals surface area contributed by atoms with Crippen LogP contribution in [-0.2, 0) is 11.3 Å². The Hall–Kier alpha value is -1.95. The fraction of sp³-hybridized carbons (Fsp3) is 0.385. The third kappa shape index (κ3) is 5.05. The fourth-order valence-electron chi connectivity index (χ4n) is 1.55. The molecule has 0 aromatic heterocycles. The molecule has 5 nitrogen and oxygen atoms in total. The van der Waals surface area contributed by atoms with E-state index in [4.69, 9.17) is 5.11 Å². The molecule has 1 aromatic carbocycles. The molecule has 0 unspecified atom stereocenters. The van der Waals surface area contributed by atoms with E-state index in [9.17, 15) is 14.0 Å². The summed E-state index contributed by atoms with van der Waals surface area (Å²) >= 11 is 0. The van der Waals surface area contributed by atoms with E-state index in [2.05, 4.69) is 10.6 Å². The predicted octanol–water partition coefficient (Wildman–Crippen LogP) is 1.14. The molecule has 0 saturated carbocycles. The van der Waals surface area contributed by atoms with Gasteiger partial charge in [0, 0.05) is 31.6 Å². The van der Waals surface area contributed by atoms with Crippen molar-refractivity contribution >= 4 is 11.9 Å². The van der Waals surface area contributed by atoms with Crippen LogP contribution in [0, 0.1) is 5.82 Å². The molecule has 1 aromatic rings. The highest BCUT2D eigenvalue weighted by molar-refractivity contribution is 5.87. The summed E-state index contributed by atoms with van der Waals surface area (Å²) in [5.74, 6) is -1.63. The first-order chi connectivity index (χ1) is 9.04. The Bertz CT molecular complexity index is 463. The van der Waals surface area contributed by atoms with Gasteiger partial charge in [-0.15, -0.1) is 0 Å². The number of amides is 1. The van der Waals surface area contributed by atoms with Gasteiger partial charge < -0.3 is 15.7 Å². The molecule has 104 valence electrons. The molecule has 6 heteroatoms. The van der Waals surface area contributed by atoms with Crippen LogP contribution in [0.15, 0.2) is 18.2 Å². The maximum absolute atomic E-state index is 13.4. The van der Waals surface area contributed by atoms with Gasteiger partial charge in [0.25, 0.3) is 0 Å². The number of halogens is 1. The largest absolute Gasteiger partial charge is 0.478 e. The second kappa shape index (κ2) is 7.48. The zero-order valence-electron chi connectivity index (χ0n) is 10.7. The van der Waals surface area contributed by atoms with E-state index in [0.717, 1.165) is 6.07 Å². The van der Waals surface area contributed by atoms with Crippen LogP contribution in [0.25, 0.3) is 0 Å². The molecule has 0 bridgehead atoms. The zero-order chi connectivity index (χ0) is 14.3. The van der Waals surface area contributed by atoms with Crippen molar-refractivity contribution < 1.29 is 19.1 Å². The summed E-state index contributed by atoms with van der Waals surface area (Å²) in [6.07, 6.45) is 0.300. The summed E-state index contributed by atoms with van der Waals surface area (Å²) in [6, 6.07) is 3.64. The van der Waals surface area contributed by atoms with E-state index >= 15 is 0 Å². The average Bonchev–Trinajstić information content (AvgIpc) is 2.36. The van der Waals surface area contributed by atoms with Gasteiger partial charge >= 0.3 is 5.97 Å². The van der Waals surface area contributed by atoms with E-state index in [0.29, 0.717) is 19.5 Å². The van der Waals surface area contributed by atoms with Gasteiger partial charge in [0.1, 0.15) is 5.82 Å². The lowest BCUT2D eigenvalue weighted by Gasteiger charge is -2.07. The summed E-state index contributed by atoms with van der Waals surface area (Å²) in [6.45, 7) is 3.00. The second-order valence-corrected chi connectivity index (χ2v) is 3.99. The van der Waals surface area contributed by atoms with Gasteiger partial charge in [-0.2, -0.15) is 0 Å². The molecule has 0 fully saturated rings. The van der Waals surface area contributed by atoms with Crippen LogP contribution in [0.1, 0.15) is 29.3 Å². The van der Waals surface area contributed by atoms with Gasteiger partial charge in [-0.05, 0) is 25.1 Å². The summed E-state index contributed by atoms with van der Waals surface area (Å²) in [5, 5.41) is 14.4. The van der Waals surface area contributed by atoms with Crippen LogP contribution in [0.2, 0.25) is 0 Å². The Morgan fingerprint density at radius 2 is 2.11 bits per heavy atom. The number of carbonyl (C=O) groups is 2. The standard InChI is InChI=1S/C13H17FN2O3/c1-2-16-12(17)5-6-15-8-10-7-9(13(18)19)3-4-11(10)14/h3-4,7,15H,2,5-6,8H2,1H3,(H,16,17)(H,18,19). The molecular formula is C13H17FN2O3. The topological polar surface area (TPSA) is 78.4 Å². The first-order valence-electron chi connectivity index (χ1n) is 6.03. The number of hydrogen-bond acceptors (Lipinski definition) is 3. The minimum absolute atomic E-state index is 0.0435. The van der Waals surface area contributed by atoms with Gasteiger partial charge in [-0.1, -0.05) is 0 Å². The van der Waals surface area contributed by atoms with Gasteiger partial charge in [0.15, 0.2) is 0 Å². The Morgan fingerprint density at radius 1 is 1.37 bits per heavy atom. The highest BCUT2D eigenvalue weighted by atomic mass is 19.1. The van der Waals surface area contributed by atoms with Gasteiger partial charge in [-0.3, -0.25) is 4.79 Å². The van der Waals surface area contributed by atoms with Crippen LogP contribution < -0.4 is 10.6 Å². The van der Waals surface area contributed by atoms with Gasteiger partial charge in [-0.25, -0.2) is 9.18 Å². The summed E-state index contributed by atoms with van der Waals surface area (Å²) in [5.41, 5.74) is 0.317. The lowest BCUT2D eigenvalue weighted by molar-refractivity contribution is -0.120. The van der Waals surface area contributed by atoms with E-state index in [1.54, 1.807) is 0 Å². The zero-order valence-corrected chi connectivity index (χ0v) is 10.7. The van der Waals surface area contributed by atoms with Crippen molar-refractivity contribution in [2.24, 2.45) is 0 Å². The molecule has 0 radical (unpaired) electrons. The number of aromatic carboxylic acids is 1. The highest BCUT2D eigenvalue weighted by Crippen LogP contribution is 2.10. The number of carboxylic acids is 1. The maximum Gasteiger partial charge on any atom is 0.335 e. The molecule has 1 amide bonds. The minimum atomic E-state index is -1.09. The summed E-state index contributed by atoms with van der Waals surface area (Å²) in [4.78, 5) is 21.9. The normalized spacial score (nSPS) is 10.2. The molecule has 19 heavy (non-hydrogen) atoms. The lowest BCUT2D eigenvalue weighted by Crippen LogP contribution is -2.27. The van der Waals surface area contributed by atoms with Crippen LogP contribution in [0.4, 0.5) is 4.39 Å². The number of rotatable bonds is 7. The monoisotopic (exact) mass is 268 g/mol. The van der Waals surface area contributed by atoms with Crippen molar-refractivity contribution in [1.29, 1.82) is 0 Å². The molecule has 0 heterocycles. The Labute approximate surface area is 110 Å².